The van der Waals surface area contributed by atoms with Crippen molar-refractivity contribution in [3.8, 4) is 0 Å². The highest BCUT2D eigenvalue weighted by Crippen LogP contribution is 2.24. The van der Waals surface area contributed by atoms with E-state index in [1.807, 2.05) is 0 Å². The van der Waals surface area contributed by atoms with Gasteiger partial charge in [-0.15, -0.1) is 0 Å². The summed E-state index contributed by atoms with van der Waals surface area (Å²) < 4.78 is 50.7. The van der Waals surface area contributed by atoms with Crippen LogP contribution in [0.25, 0.3) is 0 Å². The Balaban J connectivity index is 3.32. The summed E-state index contributed by atoms with van der Waals surface area (Å²) in [5.74, 6) is -3.86. The van der Waals surface area contributed by atoms with Gasteiger partial charge in [0, 0.05) is 7.05 Å². The van der Waals surface area contributed by atoms with Crippen LogP contribution in [0.3, 0.4) is 0 Å². The summed E-state index contributed by atoms with van der Waals surface area (Å²) in [6, 6.07) is 2.06. The molecule has 1 rings (SSSR count). The fraction of sp³-hybridized carbons (Fsp3) is 0.364. The van der Waals surface area contributed by atoms with Crippen LogP contribution in [0, 0.1) is 11.6 Å². The third-order valence-electron chi connectivity index (χ3n) is 2.86. The topological polar surface area (TPSA) is 74.7 Å². The lowest BCUT2D eigenvalue weighted by Crippen LogP contribution is -2.50. The minimum atomic E-state index is -4.24. The van der Waals surface area contributed by atoms with Crippen molar-refractivity contribution in [1.29, 1.82) is 0 Å². The van der Waals surface area contributed by atoms with Gasteiger partial charge in [0.05, 0.1) is 4.90 Å². The molecule has 1 N–H and O–H groups in total. The van der Waals surface area contributed by atoms with Crippen LogP contribution >= 0.6 is 0 Å². The lowest BCUT2D eigenvalue weighted by atomic mass is 10.1. The first-order valence-corrected chi connectivity index (χ1v) is 6.62. The van der Waals surface area contributed by atoms with E-state index in [1.165, 1.54) is 13.8 Å². The molecule has 5 nitrogen and oxygen atoms in total. The van der Waals surface area contributed by atoms with Crippen LogP contribution in [0.15, 0.2) is 23.1 Å². The zero-order valence-electron chi connectivity index (χ0n) is 10.5. The molecule has 0 fully saturated rings. The molecule has 0 spiro atoms. The van der Waals surface area contributed by atoms with Crippen molar-refractivity contribution < 1.29 is 27.1 Å². The van der Waals surface area contributed by atoms with Gasteiger partial charge >= 0.3 is 5.97 Å². The molecule has 0 saturated heterocycles. The number of carbonyl (C=O) groups is 1. The molecular weight excluding hydrogens is 280 g/mol. The average Bonchev–Trinajstić information content (AvgIpc) is 2.31. The first-order valence-electron chi connectivity index (χ1n) is 5.18. The Morgan fingerprint density at radius 3 is 2.21 bits per heavy atom. The van der Waals surface area contributed by atoms with Crippen molar-refractivity contribution in [3.63, 3.8) is 0 Å². The van der Waals surface area contributed by atoms with Crippen molar-refractivity contribution in [3.05, 3.63) is 29.8 Å². The number of aliphatic carboxylic acids is 1. The largest absolute Gasteiger partial charge is 0.480 e. The summed E-state index contributed by atoms with van der Waals surface area (Å²) in [7, 11) is -3.17. The maximum Gasteiger partial charge on any atom is 0.324 e. The Labute approximate surface area is 109 Å². The molecular formula is C11H13F2NO4S. The number of likely N-dealkylation sites (N-methyl/N-ethyl adjacent to an activating group) is 1. The molecule has 0 saturated carbocycles. The Morgan fingerprint density at radius 1 is 1.26 bits per heavy atom. The number of nitrogens with zero attached hydrogens (tertiary/aromatic N) is 1. The molecule has 1 aromatic carbocycles. The standard InChI is InChI=1S/C11H13F2NO4S/c1-11(2,10(15)16)14(3)19(17,18)7-4-5-8(12)9(13)6-7/h4-6H,1-3H3,(H,15,16). The van der Waals surface area contributed by atoms with E-state index in [2.05, 4.69) is 0 Å². The van der Waals surface area contributed by atoms with Crippen molar-refractivity contribution in [2.24, 2.45) is 0 Å². The zero-order chi connectivity index (χ0) is 15.0. The van der Waals surface area contributed by atoms with Gasteiger partial charge in [-0.25, -0.2) is 17.2 Å². The number of sulfonamides is 1. The van der Waals surface area contributed by atoms with Crippen LogP contribution in [0.1, 0.15) is 13.8 Å². The van der Waals surface area contributed by atoms with Crippen LogP contribution < -0.4 is 0 Å². The van der Waals surface area contributed by atoms with Crippen molar-refractivity contribution >= 4 is 16.0 Å². The fourth-order valence-corrected chi connectivity index (χ4v) is 2.72. The molecule has 0 aliphatic rings. The highest BCUT2D eigenvalue weighted by atomic mass is 32.2. The van der Waals surface area contributed by atoms with Gasteiger partial charge in [-0.2, -0.15) is 4.31 Å². The van der Waals surface area contributed by atoms with Crippen LogP contribution in [-0.2, 0) is 14.8 Å². The monoisotopic (exact) mass is 293 g/mol. The van der Waals surface area contributed by atoms with Gasteiger partial charge in [0.15, 0.2) is 11.6 Å². The minimum absolute atomic E-state index is 0.511. The highest BCUT2D eigenvalue weighted by Gasteiger charge is 2.40. The molecule has 0 aromatic heterocycles. The van der Waals surface area contributed by atoms with Gasteiger partial charge in [0.1, 0.15) is 5.54 Å². The van der Waals surface area contributed by atoms with Gasteiger partial charge in [-0.05, 0) is 32.0 Å². The second-order valence-electron chi connectivity index (χ2n) is 4.41. The first kappa shape index (κ1) is 15.5. The Kier molecular flexibility index (Phi) is 3.97. The maximum absolute atomic E-state index is 13.1. The van der Waals surface area contributed by atoms with Gasteiger partial charge in [-0.1, -0.05) is 0 Å². The van der Waals surface area contributed by atoms with Crippen molar-refractivity contribution in [2.45, 2.75) is 24.3 Å². The van der Waals surface area contributed by atoms with Crippen LogP contribution in [-0.4, -0.2) is 36.4 Å². The molecule has 0 radical (unpaired) electrons. The molecule has 19 heavy (non-hydrogen) atoms. The zero-order valence-corrected chi connectivity index (χ0v) is 11.3. The average molecular weight is 293 g/mol. The third kappa shape index (κ3) is 2.74. The molecule has 0 bridgehead atoms. The molecule has 0 aliphatic carbocycles. The van der Waals surface area contributed by atoms with Gasteiger partial charge in [0.25, 0.3) is 0 Å². The molecule has 106 valence electrons. The lowest BCUT2D eigenvalue weighted by Gasteiger charge is -2.30. The van der Waals surface area contributed by atoms with Crippen LogP contribution in [0.4, 0.5) is 8.78 Å². The lowest BCUT2D eigenvalue weighted by molar-refractivity contribution is -0.145. The number of halogens is 2. The number of hydrogen-bond acceptors (Lipinski definition) is 3. The first-order chi connectivity index (χ1) is 8.51. The van der Waals surface area contributed by atoms with E-state index >= 15 is 0 Å². The number of carboxylic acid groups (broad SMARTS) is 1. The Morgan fingerprint density at radius 2 is 1.79 bits per heavy atom. The maximum atomic E-state index is 13.1. The second kappa shape index (κ2) is 4.86. The fourth-order valence-electron chi connectivity index (χ4n) is 1.23. The van der Waals surface area contributed by atoms with E-state index in [0.717, 1.165) is 13.1 Å². The van der Waals surface area contributed by atoms with Crippen LogP contribution in [0.5, 0.6) is 0 Å². The number of hydrogen-bond donors (Lipinski definition) is 1. The Hall–Kier alpha value is -1.54. The molecule has 0 aliphatic heterocycles. The van der Waals surface area contributed by atoms with E-state index in [9.17, 15) is 22.0 Å². The Bertz CT molecular complexity index is 613. The smallest absolute Gasteiger partial charge is 0.324 e. The minimum Gasteiger partial charge on any atom is -0.480 e. The van der Waals surface area contributed by atoms with E-state index in [-0.39, 0.29) is 0 Å². The molecule has 0 heterocycles. The van der Waals surface area contributed by atoms with Gasteiger partial charge in [-0.3, -0.25) is 4.79 Å². The number of carboxylic acids is 1. The second-order valence-corrected chi connectivity index (χ2v) is 6.38. The SMILES string of the molecule is CN(C(C)(C)C(=O)O)S(=O)(=O)c1ccc(F)c(F)c1. The number of rotatable bonds is 4. The molecule has 0 unspecified atom stereocenters. The van der Waals surface area contributed by atoms with E-state index in [1.54, 1.807) is 0 Å². The molecule has 0 atom stereocenters. The van der Waals surface area contributed by atoms with Gasteiger partial charge in [0.2, 0.25) is 10.0 Å². The summed E-state index contributed by atoms with van der Waals surface area (Å²) >= 11 is 0. The third-order valence-corrected chi connectivity index (χ3v) is 4.89. The number of benzene rings is 1. The molecule has 8 heteroatoms. The van der Waals surface area contributed by atoms with E-state index in [0.29, 0.717) is 16.4 Å². The quantitative estimate of drug-likeness (QED) is 0.911. The van der Waals surface area contributed by atoms with Crippen molar-refractivity contribution in [1.82, 2.24) is 4.31 Å². The van der Waals surface area contributed by atoms with Crippen molar-refractivity contribution in [2.75, 3.05) is 7.05 Å². The highest BCUT2D eigenvalue weighted by molar-refractivity contribution is 7.89. The molecule has 1 aromatic rings. The predicted octanol–water partition coefficient (Wildman–Crippen LogP) is 1.45. The summed E-state index contributed by atoms with van der Waals surface area (Å²) in [5, 5.41) is 8.98. The van der Waals surface area contributed by atoms with Gasteiger partial charge < -0.3 is 5.11 Å². The predicted molar refractivity (Wildman–Crippen MR) is 63.0 cm³/mol. The summed E-state index contributed by atoms with van der Waals surface area (Å²) in [6.45, 7) is 2.37. The molecule has 0 amide bonds. The summed E-state index contributed by atoms with van der Waals surface area (Å²) in [6.07, 6.45) is 0. The van der Waals surface area contributed by atoms with E-state index in [4.69, 9.17) is 5.11 Å². The summed E-state index contributed by atoms with van der Waals surface area (Å²) in [5.41, 5.74) is -1.72. The van der Waals surface area contributed by atoms with E-state index < -0.39 is 38.1 Å². The normalized spacial score (nSPS) is 12.7. The summed E-state index contributed by atoms with van der Waals surface area (Å²) in [4.78, 5) is 10.5. The van der Waals surface area contributed by atoms with Crippen LogP contribution in [0.2, 0.25) is 0 Å².